The van der Waals surface area contributed by atoms with E-state index in [-0.39, 0.29) is 17.3 Å². The second-order valence-electron chi connectivity index (χ2n) is 7.71. The lowest BCUT2D eigenvalue weighted by molar-refractivity contribution is -0.181. The summed E-state index contributed by atoms with van der Waals surface area (Å²) in [6, 6.07) is 4.30. The molecule has 0 aliphatic rings. The summed E-state index contributed by atoms with van der Waals surface area (Å²) in [5.41, 5.74) is -4.02. The lowest BCUT2D eigenvalue weighted by Gasteiger charge is -2.29. The Morgan fingerprint density at radius 1 is 1.15 bits per heavy atom. The van der Waals surface area contributed by atoms with E-state index in [4.69, 9.17) is 0 Å². The zero-order valence-corrected chi connectivity index (χ0v) is 22.7. The van der Waals surface area contributed by atoms with Crippen molar-refractivity contribution in [2.75, 3.05) is 17.7 Å². The van der Waals surface area contributed by atoms with E-state index in [9.17, 15) is 41.0 Å². The molecular weight excluding hydrogens is 601 g/mol. The monoisotopic (exact) mass is 621 g/mol. The van der Waals surface area contributed by atoms with Gasteiger partial charge in [-0.1, -0.05) is 23.5 Å². The van der Waals surface area contributed by atoms with E-state index < -0.39 is 55.6 Å². The van der Waals surface area contributed by atoms with Gasteiger partial charge in [0.25, 0.3) is 0 Å². The third kappa shape index (κ3) is 7.01. The molecule has 0 aliphatic heterocycles. The summed E-state index contributed by atoms with van der Waals surface area (Å²) in [4.78, 5) is 37.2. The molecule has 2 atom stereocenters. The fourth-order valence-electron chi connectivity index (χ4n) is 3.16. The van der Waals surface area contributed by atoms with Gasteiger partial charge in [0.15, 0.2) is 17.1 Å². The van der Waals surface area contributed by atoms with Crippen molar-refractivity contribution in [1.82, 2.24) is 15.0 Å². The summed E-state index contributed by atoms with van der Waals surface area (Å²) >= 11 is 1.12. The van der Waals surface area contributed by atoms with E-state index in [0.717, 1.165) is 35.7 Å². The highest BCUT2D eigenvalue weighted by Crippen LogP contribution is 2.34. The number of nitrogens with two attached hydrogens (primary N) is 2. The number of benzene rings is 1. The Hall–Kier alpha value is -3.86. The summed E-state index contributed by atoms with van der Waals surface area (Å²) in [6.07, 6.45) is -2.24. The fraction of sp³-hybridized carbons (Fsp3) is 0.211. The van der Waals surface area contributed by atoms with Crippen molar-refractivity contribution in [3.63, 3.8) is 0 Å². The minimum absolute atomic E-state index is 0.0548. The highest BCUT2D eigenvalue weighted by molar-refractivity contribution is 7.85. The highest BCUT2D eigenvalue weighted by Gasteiger charge is 2.53. The van der Waals surface area contributed by atoms with E-state index in [1.807, 2.05) is 0 Å². The second kappa shape index (κ2) is 11.3. The molecule has 3 rings (SSSR count). The van der Waals surface area contributed by atoms with Crippen molar-refractivity contribution in [2.24, 2.45) is 10.3 Å². The average molecular weight is 622 g/mol. The van der Waals surface area contributed by atoms with Crippen LogP contribution in [0.3, 0.4) is 0 Å². The number of hydrogen-bond acceptors (Lipinski definition) is 16. The number of aromatic nitrogens is 3. The van der Waals surface area contributed by atoms with Gasteiger partial charge in [0.05, 0.1) is 16.8 Å². The number of nitrogens with one attached hydrogen (secondary N) is 2. The van der Waals surface area contributed by atoms with Gasteiger partial charge >= 0.3 is 32.5 Å². The summed E-state index contributed by atoms with van der Waals surface area (Å²) in [7, 11) is -8.51. The van der Waals surface area contributed by atoms with Crippen LogP contribution in [-0.2, 0) is 44.2 Å². The number of aryl methyl sites for hydroxylation is 1. The fourth-order valence-corrected chi connectivity index (χ4v) is 4.73. The minimum atomic E-state index is -5.10. The normalized spacial score (nSPS) is 14.1. The highest BCUT2D eigenvalue weighted by atomic mass is 32.2. The van der Waals surface area contributed by atoms with Gasteiger partial charge in [-0.3, -0.25) is 0 Å². The van der Waals surface area contributed by atoms with E-state index >= 15 is 0 Å². The lowest BCUT2D eigenvalue weighted by Crippen LogP contribution is -2.53. The van der Waals surface area contributed by atoms with Gasteiger partial charge in [-0.2, -0.15) is 27.1 Å². The SMILES string of the molecule is CNc1nc(C)c(-c2nc(Nc3cccc(C(O)(C(=O)OS(N)(=O)=O)C(O)C(=O)OS(N)(=O)=O)c3)ncc2F)s1. The Labute approximate surface area is 229 Å². The molecule has 0 amide bonds. The Morgan fingerprint density at radius 3 is 2.38 bits per heavy atom. The molecule has 1 aromatic carbocycles. The zero-order valence-electron chi connectivity index (χ0n) is 20.2. The van der Waals surface area contributed by atoms with Crippen LogP contribution in [0.5, 0.6) is 0 Å². The molecule has 0 bridgehead atoms. The van der Waals surface area contributed by atoms with Gasteiger partial charge in [0.1, 0.15) is 5.69 Å². The first-order valence-corrected chi connectivity index (χ1v) is 14.2. The van der Waals surface area contributed by atoms with Crippen LogP contribution in [0.4, 0.5) is 21.2 Å². The summed E-state index contributed by atoms with van der Waals surface area (Å²) < 4.78 is 67.1. The van der Waals surface area contributed by atoms with Crippen molar-refractivity contribution >= 4 is 60.7 Å². The first-order chi connectivity index (χ1) is 18.4. The molecule has 0 spiro atoms. The minimum Gasteiger partial charge on any atom is -0.378 e. The molecule has 0 saturated heterocycles. The number of rotatable bonds is 10. The standard InChI is InChI=1S/C19H20FN7O10S3/c1-8-13(38-18(23-2)25-8)12-11(20)7-24-17(27-12)26-10-5-3-4-9(6-10)19(31,16(30)37-40(22,34)35)14(28)15(29)36-39(21,32)33/h3-7,14,28,31H,1-2H3,(H,23,25)(H2,21,32,33)(H2,22,34,35)(H,24,26,27). The Balaban J connectivity index is 2.04. The van der Waals surface area contributed by atoms with Crippen LogP contribution < -0.4 is 20.9 Å². The Morgan fingerprint density at radius 2 is 1.80 bits per heavy atom. The van der Waals surface area contributed by atoms with E-state index in [1.165, 1.54) is 6.07 Å². The molecule has 0 aliphatic carbocycles. The molecule has 0 saturated carbocycles. The summed E-state index contributed by atoms with van der Waals surface area (Å²) in [5.74, 6) is -5.34. The summed E-state index contributed by atoms with van der Waals surface area (Å²) in [5, 5.41) is 36.6. The van der Waals surface area contributed by atoms with Crippen molar-refractivity contribution in [3.05, 3.63) is 47.5 Å². The molecule has 2 heterocycles. The lowest BCUT2D eigenvalue weighted by atomic mass is 9.88. The van der Waals surface area contributed by atoms with E-state index in [2.05, 4.69) is 44.2 Å². The van der Waals surface area contributed by atoms with Gasteiger partial charge in [-0.15, -0.1) is 0 Å². The van der Waals surface area contributed by atoms with Crippen molar-refractivity contribution in [2.45, 2.75) is 18.6 Å². The molecule has 2 unspecified atom stereocenters. The maximum absolute atomic E-state index is 14.6. The van der Waals surface area contributed by atoms with Gasteiger partial charge in [-0.25, -0.2) is 28.9 Å². The first-order valence-electron chi connectivity index (χ1n) is 10.4. The Bertz CT molecular complexity index is 1680. The number of thiazole rings is 1. The molecule has 40 heavy (non-hydrogen) atoms. The van der Waals surface area contributed by atoms with Gasteiger partial charge in [-0.05, 0) is 19.1 Å². The predicted molar refractivity (Wildman–Crippen MR) is 135 cm³/mol. The quantitative estimate of drug-likeness (QED) is 0.156. The number of nitrogens with zero attached hydrogens (tertiary/aromatic N) is 3. The number of carbonyl (C=O) groups is 2. The van der Waals surface area contributed by atoms with Crippen LogP contribution in [-0.4, -0.2) is 67.1 Å². The first kappa shape index (κ1) is 30.7. The van der Waals surface area contributed by atoms with Crippen LogP contribution in [0, 0.1) is 12.7 Å². The molecule has 21 heteroatoms. The zero-order chi connectivity index (χ0) is 30.0. The second-order valence-corrected chi connectivity index (χ2v) is 11.0. The number of aliphatic hydroxyl groups excluding tert-OH is 1. The van der Waals surface area contributed by atoms with Crippen molar-refractivity contribution < 1.29 is 49.4 Å². The number of hydrogen-bond donors (Lipinski definition) is 6. The molecule has 0 fully saturated rings. The smallest absolute Gasteiger partial charge is 0.378 e. The maximum Gasteiger partial charge on any atom is 0.382 e. The molecular formula is C19H20FN7O10S3. The van der Waals surface area contributed by atoms with Gasteiger partial charge in [0.2, 0.25) is 11.5 Å². The van der Waals surface area contributed by atoms with Crippen molar-refractivity contribution in [1.29, 1.82) is 0 Å². The molecule has 216 valence electrons. The van der Waals surface area contributed by atoms with Crippen molar-refractivity contribution in [3.8, 4) is 10.6 Å². The largest absolute Gasteiger partial charge is 0.382 e. The third-order valence-electron chi connectivity index (χ3n) is 4.85. The van der Waals surface area contributed by atoms with Gasteiger partial charge < -0.3 is 29.2 Å². The number of aliphatic hydroxyl groups is 2. The van der Waals surface area contributed by atoms with Crippen LogP contribution in [0.2, 0.25) is 0 Å². The van der Waals surface area contributed by atoms with E-state index in [0.29, 0.717) is 15.7 Å². The number of halogens is 1. The van der Waals surface area contributed by atoms with Crippen LogP contribution in [0.1, 0.15) is 11.3 Å². The van der Waals surface area contributed by atoms with Crippen LogP contribution in [0.15, 0.2) is 30.5 Å². The molecule has 0 radical (unpaired) electrons. The Kier molecular flexibility index (Phi) is 8.69. The summed E-state index contributed by atoms with van der Waals surface area (Å²) in [6.45, 7) is 1.64. The van der Waals surface area contributed by atoms with E-state index in [1.54, 1.807) is 14.0 Å². The molecule has 2 aromatic heterocycles. The van der Waals surface area contributed by atoms with Crippen LogP contribution >= 0.6 is 11.3 Å². The predicted octanol–water partition coefficient (Wildman–Crippen LogP) is -1.13. The number of carbonyl (C=O) groups excluding carboxylic acids is 2. The topological polar surface area (TPSA) is 276 Å². The molecule has 17 nitrogen and oxygen atoms in total. The number of anilines is 3. The maximum atomic E-state index is 14.6. The van der Waals surface area contributed by atoms with Gasteiger partial charge in [0, 0.05) is 18.3 Å². The average Bonchev–Trinajstić information content (AvgIpc) is 3.22. The molecule has 3 aromatic rings. The molecule has 8 N–H and O–H groups in total. The third-order valence-corrected chi connectivity index (χ3v) is 6.81. The van der Waals surface area contributed by atoms with Crippen LogP contribution in [0.25, 0.3) is 10.6 Å².